The number of aromatic amines is 1. The Morgan fingerprint density at radius 2 is 1.80 bits per heavy atom. The van der Waals surface area contributed by atoms with Crippen LogP contribution in [0.25, 0.3) is 22.4 Å². The number of carboxylic acids is 1. The van der Waals surface area contributed by atoms with E-state index < -0.39 is 5.97 Å². The fourth-order valence-electron chi connectivity index (χ4n) is 3.17. The number of aromatic nitrogens is 2. The van der Waals surface area contributed by atoms with Crippen molar-refractivity contribution in [1.29, 1.82) is 0 Å². The Bertz CT molecular complexity index is 909. The second-order valence-electron chi connectivity index (χ2n) is 6.46. The summed E-state index contributed by atoms with van der Waals surface area (Å²) in [6.07, 6.45) is 0. The van der Waals surface area contributed by atoms with E-state index in [2.05, 4.69) is 38.9 Å². The maximum atomic E-state index is 11.0. The molecule has 1 aromatic heterocycles. The van der Waals surface area contributed by atoms with Crippen LogP contribution in [-0.4, -0.2) is 59.2 Å². The van der Waals surface area contributed by atoms with E-state index in [0.717, 1.165) is 48.6 Å². The quantitative estimate of drug-likeness (QED) is 0.769. The van der Waals surface area contributed by atoms with Crippen LogP contribution in [0.3, 0.4) is 0 Å². The van der Waals surface area contributed by atoms with Gasteiger partial charge in [-0.05, 0) is 37.4 Å². The van der Waals surface area contributed by atoms with E-state index in [1.165, 1.54) is 5.69 Å². The molecular weight excluding hydrogens is 316 g/mol. The molecule has 1 aliphatic heterocycles. The molecule has 0 bridgehead atoms. The third-order valence-electron chi connectivity index (χ3n) is 4.74. The molecule has 0 aliphatic carbocycles. The molecule has 25 heavy (non-hydrogen) atoms. The van der Waals surface area contributed by atoms with Gasteiger partial charge in [0.05, 0.1) is 16.6 Å². The van der Waals surface area contributed by atoms with Crippen LogP contribution in [0.1, 0.15) is 10.4 Å². The minimum Gasteiger partial charge on any atom is -0.478 e. The Labute approximate surface area is 145 Å². The topological polar surface area (TPSA) is 72.5 Å². The third kappa shape index (κ3) is 3.08. The number of rotatable bonds is 3. The molecule has 128 valence electrons. The van der Waals surface area contributed by atoms with E-state index in [1.54, 1.807) is 24.3 Å². The van der Waals surface area contributed by atoms with Gasteiger partial charge >= 0.3 is 5.97 Å². The molecule has 2 N–H and O–H groups in total. The number of hydrogen-bond donors (Lipinski definition) is 2. The van der Waals surface area contributed by atoms with Crippen molar-refractivity contribution < 1.29 is 9.90 Å². The second-order valence-corrected chi connectivity index (χ2v) is 6.46. The van der Waals surface area contributed by atoms with Crippen molar-refractivity contribution in [3.05, 3.63) is 48.0 Å². The molecule has 2 heterocycles. The minimum absolute atomic E-state index is 0.275. The van der Waals surface area contributed by atoms with Crippen molar-refractivity contribution in [1.82, 2.24) is 14.9 Å². The van der Waals surface area contributed by atoms with Crippen molar-refractivity contribution >= 4 is 22.7 Å². The van der Waals surface area contributed by atoms with Gasteiger partial charge in [0.2, 0.25) is 0 Å². The second kappa shape index (κ2) is 6.22. The first-order chi connectivity index (χ1) is 12.1. The molecule has 0 unspecified atom stereocenters. The first kappa shape index (κ1) is 15.7. The molecule has 3 aromatic rings. The van der Waals surface area contributed by atoms with Crippen LogP contribution < -0.4 is 4.90 Å². The minimum atomic E-state index is -0.923. The van der Waals surface area contributed by atoms with E-state index in [-0.39, 0.29) is 5.56 Å². The van der Waals surface area contributed by atoms with Crippen LogP contribution in [0.15, 0.2) is 42.5 Å². The fourth-order valence-corrected chi connectivity index (χ4v) is 3.17. The number of aromatic carboxylic acids is 1. The zero-order valence-electron chi connectivity index (χ0n) is 14.1. The zero-order valence-corrected chi connectivity index (χ0v) is 14.1. The largest absolute Gasteiger partial charge is 0.478 e. The summed E-state index contributed by atoms with van der Waals surface area (Å²) in [6, 6.07) is 13.1. The standard InChI is InChI=1S/C19H20N4O2/c1-22-8-10-23(11-9-22)15-6-7-16-17(12-15)21-18(20-16)13-2-4-14(5-3-13)19(24)25/h2-7,12H,8-11H2,1H3,(H,20,21)(H,24,25). The van der Waals surface area contributed by atoms with Gasteiger partial charge in [0.25, 0.3) is 0 Å². The number of piperazine rings is 1. The SMILES string of the molecule is CN1CCN(c2ccc3nc(-c4ccc(C(=O)O)cc4)[nH]c3c2)CC1. The van der Waals surface area contributed by atoms with Crippen LogP contribution in [0.2, 0.25) is 0 Å². The van der Waals surface area contributed by atoms with Gasteiger partial charge in [-0.25, -0.2) is 9.78 Å². The zero-order chi connectivity index (χ0) is 17.4. The molecular formula is C19H20N4O2. The van der Waals surface area contributed by atoms with Crippen LogP contribution in [0, 0.1) is 0 Å². The summed E-state index contributed by atoms with van der Waals surface area (Å²) in [5.41, 5.74) is 4.26. The van der Waals surface area contributed by atoms with Crippen LogP contribution in [0.5, 0.6) is 0 Å². The van der Waals surface area contributed by atoms with Gasteiger partial charge < -0.3 is 19.9 Å². The summed E-state index contributed by atoms with van der Waals surface area (Å²) in [6.45, 7) is 4.20. The lowest BCUT2D eigenvalue weighted by atomic mass is 10.1. The van der Waals surface area contributed by atoms with Crippen molar-refractivity contribution in [3.8, 4) is 11.4 Å². The Kier molecular flexibility index (Phi) is 3.89. The molecule has 1 saturated heterocycles. The highest BCUT2D eigenvalue weighted by Gasteiger charge is 2.15. The summed E-state index contributed by atoms with van der Waals surface area (Å²) in [5.74, 6) is -0.171. The highest BCUT2D eigenvalue weighted by molar-refractivity contribution is 5.88. The Balaban J connectivity index is 1.63. The van der Waals surface area contributed by atoms with Crippen LogP contribution in [-0.2, 0) is 0 Å². The smallest absolute Gasteiger partial charge is 0.335 e. The number of nitrogens with one attached hydrogen (secondary N) is 1. The molecule has 0 spiro atoms. The number of anilines is 1. The van der Waals surface area contributed by atoms with E-state index >= 15 is 0 Å². The lowest BCUT2D eigenvalue weighted by molar-refractivity contribution is 0.0697. The predicted octanol–water partition coefficient (Wildman–Crippen LogP) is 2.68. The first-order valence-corrected chi connectivity index (χ1v) is 8.37. The average molecular weight is 336 g/mol. The maximum absolute atomic E-state index is 11.0. The molecule has 6 nitrogen and oxygen atoms in total. The van der Waals surface area contributed by atoms with Gasteiger partial charge in [0.15, 0.2) is 0 Å². The first-order valence-electron chi connectivity index (χ1n) is 8.37. The van der Waals surface area contributed by atoms with Gasteiger partial charge in [0, 0.05) is 37.4 Å². The van der Waals surface area contributed by atoms with E-state index in [1.807, 2.05) is 6.07 Å². The maximum Gasteiger partial charge on any atom is 0.335 e. The van der Waals surface area contributed by atoms with Gasteiger partial charge in [-0.15, -0.1) is 0 Å². The number of imidazole rings is 1. The normalized spacial score (nSPS) is 15.6. The summed E-state index contributed by atoms with van der Waals surface area (Å²) >= 11 is 0. The Hall–Kier alpha value is -2.86. The lowest BCUT2D eigenvalue weighted by Gasteiger charge is -2.34. The van der Waals surface area contributed by atoms with Gasteiger partial charge in [-0.2, -0.15) is 0 Å². The number of H-pyrrole nitrogens is 1. The van der Waals surface area contributed by atoms with Gasteiger partial charge in [0.1, 0.15) is 5.82 Å². The molecule has 1 fully saturated rings. The van der Waals surface area contributed by atoms with Crippen LogP contribution >= 0.6 is 0 Å². The molecule has 0 saturated carbocycles. The highest BCUT2D eigenvalue weighted by Crippen LogP contribution is 2.25. The molecule has 2 aromatic carbocycles. The number of likely N-dealkylation sites (N-methyl/N-ethyl adjacent to an activating group) is 1. The van der Waals surface area contributed by atoms with Crippen LogP contribution in [0.4, 0.5) is 5.69 Å². The number of carbonyl (C=O) groups is 1. The monoisotopic (exact) mass is 336 g/mol. The average Bonchev–Trinajstić information content (AvgIpc) is 3.05. The number of fused-ring (bicyclic) bond motifs is 1. The number of nitrogens with zero attached hydrogens (tertiary/aromatic N) is 3. The fraction of sp³-hybridized carbons (Fsp3) is 0.263. The van der Waals surface area contributed by atoms with Gasteiger partial charge in [-0.3, -0.25) is 0 Å². The Morgan fingerprint density at radius 1 is 1.08 bits per heavy atom. The molecule has 1 aliphatic rings. The molecule has 0 amide bonds. The van der Waals surface area contributed by atoms with Gasteiger partial charge in [-0.1, -0.05) is 12.1 Å². The van der Waals surface area contributed by atoms with Crippen molar-refractivity contribution in [2.75, 3.05) is 38.1 Å². The molecule has 0 atom stereocenters. The van der Waals surface area contributed by atoms with Crippen molar-refractivity contribution in [3.63, 3.8) is 0 Å². The summed E-state index contributed by atoms with van der Waals surface area (Å²) in [4.78, 5) is 23.7. The summed E-state index contributed by atoms with van der Waals surface area (Å²) in [7, 11) is 2.15. The van der Waals surface area contributed by atoms with Crippen molar-refractivity contribution in [2.24, 2.45) is 0 Å². The lowest BCUT2D eigenvalue weighted by Crippen LogP contribution is -2.44. The Morgan fingerprint density at radius 3 is 2.48 bits per heavy atom. The molecule has 0 radical (unpaired) electrons. The predicted molar refractivity (Wildman–Crippen MR) is 98.2 cm³/mol. The number of hydrogen-bond acceptors (Lipinski definition) is 4. The molecule has 6 heteroatoms. The summed E-state index contributed by atoms with van der Waals surface area (Å²) in [5, 5.41) is 9.00. The highest BCUT2D eigenvalue weighted by atomic mass is 16.4. The van der Waals surface area contributed by atoms with E-state index in [4.69, 9.17) is 5.11 Å². The van der Waals surface area contributed by atoms with E-state index in [9.17, 15) is 4.79 Å². The third-order valence-corrected chi connectivity index (χ3v) is 4.74. The number of carboxylic acid groups (broad SMARTS) is 1. The van der Waals surface area contributed by atoms with E-state index in [0.29, 0.717) is 0 Å². The van der Waals surface area contributed by atoms with Crippen molar-refractivity contribution in [2.45, 2.75) is 0 Å². The summed E-state index contributed by atoms with van der Waals surface area (Å²) < 4.78 is 0. The molecule has 4 rings (SSSR count). The number of benzene rings is 2.